The number of nitrogens with zero attached hydrogens (tertiary/aromatic N) is 2. The number of halogens is 2. The quantitative estimate of drug-likeness (QED) is 0.593. The van der Waals surface area contributed by atoms with Crippen molar-refractivity contribution in [3.05, 3.63) is 82.6 Å². The first kappa shape index (κ1) is 18.0. The molecule has 0 radical (unpaired) electrons. The standard InChI is InChI=1S/C21H16ClFN2OS/c22-18-6-3-7-19(23)17(18)13-27-21-24-10-11-25(21)20(26)16-9-8-14-4-1-2-5-15(14)12-16/h1-9,12H,10-11,13H2. The summed E-state index contributed by atoms with van der Waals surface area (Å²) in [4.78, 5) is 19.1. The van der Waals surface area contributed by atoms with Crippen molar-refractivity contribution < 1.29 is 9.18 Å². The molecule has 136 valence electrons. The summed E-state index contributed by atoms with van der Waals surface area (Å²) in [6, 6.07) is 18.2. The zero-order valence-corrected chi connectivity index (χ0v) is 15.9. The molecule has 0 saturated heterocycles. The highest BCUT2D eigenvalue weighted by Gasteiger charge is 2.25. The van der Waals surface area contributed by atoms with E-state index in [-0.39, 0.29) is 11.7 Å². The first-order valence-corrected chi connectivity index (χ1v) is 9.90. The predicted octanol–water partition coefficient (Wildman–Crippen LogP) is 5.38. The van der Waals surface area contributed by atoms with Gasteiger partial charge in [0.05, 0.1) is 6.54 Å². The second-order valence-electron chi connectivity index (χ2n) is 6.17. The molecule has 0 atom stereocenters. The second kappa shape index (κ2) is 7.71. The van der Waals surface area contributed by atoms with Crippen LogP contribution < -0.4 is 0 Å². The molecular formula is C21H16ClFN2OS. The third-order valence-electron chi connectivity index (χ3n) is 4.45. The number of hydrogen-bond donors (Lipinski definition) is 0. The maximum atomic E-state index is 14.0. The fraction of sp³-hybridized carbons (Fsp3) is 0.143. The smallest absolute Gasteiger partial charge is 0.259 e. The number of amidine groups is 1. The second-order valence-corrected chi connectivity index (χ2v) is 7.52. The first-order valence-electron chi connectivity index (χ1n) is 8.54. The normalized spacial score (nSPS) is 13.9. The number of aliphatic imine (C=N–C) groups is 1. The van der Waals surface area contributed by atoms with Crippen molar-refractivity contribution in [2.75, 3.05) is 13.1 Å². The number of rotatable bonds is 3. The van der Waals surface area contributed by atoms with E-state index in [0.717, 1.165) is 10.8 Å². The molecule has 0 N–H and O–H groups in total. The molecule has 0 fully saturated rings. The number of carbonyl (C=O) groups excluding carboxylic acids is 1. The molecule has 1 aliphatic rings. The van der Waals surface area contributed by atoms with Crippen molar-refractivity contribution in [1.29, 1.82) is 0 Å². The molecule has 27 heavy (non-hydrogen) atoms. The highest BCUT2D eigenvalue weighted by Crippen LogP contribution is 2.27. The summed E-state index contributed by atoms with van der Waals surface area (Å²) in [5.41, 5.74) is 1.05. The van der Waals surface area contributed by atoms with Crippen molar-refractivity contribution in [2.24, 2.45) is 4.99 Å². The molecule has 3 aromatic carbocycles. The van der Waals surface area contributed by atoms with Crippen LogP contribution in [0.1, 0.15) is 15.9 Å². The van der Waals surface area contributed by atoms with Crippen LogP contribution in [0.5, 0.6) is 0 Å². The Balaban J connectivity index is 1.52. The highest BCUT2D eigenvalue weighted by molar-refractivity contribution is 8.13. The molecule has 0 spiro atoms. The Morgan fingerprint density at radius 3 is 2.74 bits per heavy atom. The maximum absolute atomic E-state index is 14.0. The van der Waals surface area contributed by atoms with E-state index < -0.39 is 0 Å². The molecule has 0 aromatic heterocycles. The monoisotopic (exact) mass is 398 g/mol. The summed E-state index contributed by atoms with van der Waals surface area (Å²) >= 11 is 7.42. The summed E-state index contributed by atoms with van der Waals surface area (Å²) < 4.78 is 14.0. The van der Waals surface area contributed by atoms with Crippen LogP contribution in [-0.4, -0.2) is 29.1 Å². The lowest BCUT2D eigenvalue weighted by Crippen LogP contribution is -2.32. The summed E-state index contributed by atoms with van der Waals surface area (Å²) in [7, 11) is 0. The number of hydrogen-bond acceptors (Lipinski definition) is 3. The first-order chi connectivity index (χ1) is 13.1. The minimum absolute atomic E-state index is 0.0934. The van der Waals surface area contributed by atoms with Crippen LogP contribution in [-0.2, 0) is 5.75 Å². The Morgan fingerprint density at radius 2 is 1.93 bits per heavy atom. The molecule has 4 rings (SSSR count). The van der Waals surface area contributed by atoms with Crippen LogP contribution in [0, 0.1) is 5.82 Å². The van der Waals surface area contributed by atoms with Crippen LogP contribution >= 0.6 is 23.4 Å². The van der Waals surface area contributed by atoms with Gasteiger partial charge >= 0.3 is 0 Å². The van der Waals surface area contributed by atoms with Gasteiger partial charge in [-0.1, -0.05) is 59.8 Å². The SMILES string of the molecule is O=C(c1ccc2ccccc2c1)N1CCN=C1SCc1c(F)cccc1Cl. The highest BCUT2D eigenvalue weighted by atomic mass is 35.5. The molecule has 0 unspecified atom stereocenters. The lowest BCUT2D eigenvalue weighted by Gasteiger charge is -2.18. The Hall–Kier alpha value is -2.37. The van der Waals surface area contributed by atoms with Crippen molar-refractivity contribution >= 4 is 45.2 Å². The van der Waals surface area contributed by atoms with E-state index in [2.05, 4.69) is 4.99 Å². The minimum atomic E-state index is -0.346. The number of fused-ring (bicyclic) bond motifs is 1. The number of benzene rings is 3. The summed E-state index contributed by atoms with van der Waals surface area (Å²) in [5.74, 6) is -0.114. The number of amides is 1. The van der Waals surface area contributed by atoms with Gasteiger partial charge in [-0.3, -0.25) is 14.7 Å². The van der Waals surface area contributed by atoms with E-state index >= 15 is 0 Å². The Bertz CT molecular complexity index is 1030. The topological polar surface area (TPSA) is 32.7 Å². The number of carbonyl (C=O) groups is 1. The predicted molar refractivity (Wildman–Crippen MR) is 110 cm³/mol. The molecular weight excluding hydrogens is 383 g/mol. The molecule has 3 nitrogen and oxygen atoms in total. The summed E-state index contributed by atoms with van der Waals surface area (Å²) in [5, 5.41) is 3.10. The van der Waals surface area contributed by atoms with Gasteiger partial charge in [0.2, 0.25) is 0 Å². The van der Waals surface area contributed by atoms with E-state index in [9.17, 15) is 9.18 Å². The van der Waals surface area contributed by atoms with Gasteiger partial charge in [-0.05, 0) is 35.0 Å². The van der Waals surface area contributed by atoms with Gasteiger partial charge in [-0.2, -0.15) is 0 Å². The summed E-state index contributed by atoms with van der Waals surface area (Å²) in [6.07, 6.45) is 0. The Kier molecular flexibility index (Phi) is 5.14. The zero-order chi connectivity index (χ0) is 18.8. The van der Waals surface area contributed by atoms with Crippen LogP contribution in [0.2, 0.25) is 5.02 Å². The molecule has 1 amide bonds. The van der Waals surface area contributed by atoms with E-state index in [0.29, 0.717) is 40.2 Å². The molecule has 3 aromatic rings. The lowest BCUT2D eigenvalue weighted by atomic mass is 10.1. The average molecular weight is 399 g/mol. The Labute approximate surface area is 165 Å². The fourth-order valence-electron chi connectivity index (χ4n) is 3.02. The molecule has 6 heteroatoms. The van der Waals surface area contributed by atoms with Crippen molar-refractivity contribution in [2.45, 2.75) is 5.75 Å². The van der Waals surface area contributed by atoms with Gasteiger partial charge in [-0.15, -0.1) is 0 Å². The van der Waals surface area contributed by atoms with Crippen LogP contribution in [0.3, 0.4) is 0 Å². The van der Waals surface area contributed by atoms with Crippen LogP contribution in [0.25, 0.3) is 10.8 Å². The minimum Gasteiger partial charge on any atom is -0.286 e. The average Bonchev–Trinajstić information content (AvgIpc) is 3.15. The van der Waals surface area contributed by atoms with Gasteiger partial charge in [0.1, 0.15) is 5.82 Å². The molecule has 1 heterocycles. The van der Waals surface area contributed by atoms with E-state index in [1.165, 1.54) is 17.8 Å². The molecule has 0 bridgehead atoms. The zero-order valence-electron chi connectivity index (χ0n) is 14.4. The van der Waals surface area contributed by atoms with Crippen molar-refractivity contribution in [3.8, 4) is 0 Å². The molecule has 0 aliphatic carbocycles. The fourth-order valence-corrected chi connectivity index (χ4v) is 4.41. The molecule has 0 saturated carbocycles. The van der Waals surface area contributed by atoms with Crippen molar-refractivity contribution in [3.63, 3.8) is 0 Å². The van der Waals surface area contributed by atoms with Crippen LogP contribution in [0.15, 0.2) is 65.7 Å². The third kappa shape index (κ3) is 3.70. The third-order valence-corrected chi connectivity index (χ3v) is 5.85. The molecule has 1 aliphatic heterocycles. The lowest BCUT2D eigenvalue weighted by molar-refractivity contribution is 0.0861. The summed E-state index contributed by atoms with van der Waals surface area (Å²) in [6.45, 7) is 1.08. The maximum Gasteiger partial charge on any atom is 0.259 e. The van der Waals surface area contributed by atoms with Crippen molar-refractivity contribution in [1.82, 2.24) is 4.90 Å². The van der Waals surface area contributed by atoms with Gasteiger partial charge in [0.15, 0.2) is 5.17 Å². The van der Waals surface area contributed by atoms with Gasteiger partial charge < -0.3 is 0 Å². The van der Waals surface area contributed by atoms with E-state index in [1.54, 1.807) is 17.0 Å². The van der Waals surface area contributed by atoms with Crippen LogP contribution in [0.4, 0.5) is 4.39 Å². The largest absolute Gasteiger partial charge is 0.286 e. The number of thioether (sulfide) groups is 1. The van der Waals surface area contributed by atoms with E-state index in [1.807, 2.05) is 42.5 Å². The Morgan fingerprint density at radius 1 is 1.11 bits per heavy atom. The van der Waals surface area contributed by atoms with Gasteiger partial charge in [-0.25, -0.2) is 4.39 Å². The van der Waals surface area contributed by atoms with Gasteiger partial charge in [0.25, 0.3) is 5.91 Å². The van der Waals surface area contributed by atoms with Gasteiger partial charge in [0, 0.05) is 28.4 Å². The van der Waals surface area contributed by atoms with E-state index in [4.69, 9.17) is 11.6 Å².